The Labute approximate surface area is 198 Å². The smallest absolute Gasteiger partial charge is 0.200 e. The highest BCUT2D eigenvalue weighted by Crippen LogP contribution is 2.27. The molecule has 2 N–H and O–H groups in total. The SMILES string of the molecule is COc1cc(CCc2cc(C=Cc3ccc(O)cc3)nc(=S)n2CC2CCCO2)ccc1O. The summed E-state index contributed by atoms with van der Waals surface area (Å²) in [5, 5.41) is 19.4. The van der Waals surface area contributed by atoms with Crippen molar-refractivity contribution in [2.24, 2.45) is 0 Å². The van der Waals surface area contributed by atoms with Crippen LogP contribution in [0.2, 0.25) is 0 Å². The summed E-state index contributed by atoms with van der Waals surface area (Å²) >= 11 is 5.67. The van der Waals surface area contributed by atoms with E-state index in [9.17, 15) is 10.2 Å². The van der Waals surface area contributed by atoms with Crippen molar-refractivity contribution in [2.75, 3.05) is 13.7 Å². The summed E-state index contributed by atoms with van der Waals surface area (Å²) in [5.74, 6) is 0.838. The Bertz CT molecular complexity index is 1180. The number of benzene rings is 2. The number of ether oxygens (including phenoxy) is 2. The van der Waals surface area contributed by atoms with Crippen molar-refractivity contribution in [3.63, 3.8) is 0 Å². The Hall–Kier alpha value is -3.16. The van der Waals surface area contributed by atoms with Gasteiger partial charge < -0.3 is 24.3 Å². The molecule has 1 aliphatic heterocycles. The molecular weight excluding hydrogens is 436 g/mol. The van der Waals surface area contributed by atoms with Crippen LogP contribution in [0.4, 0.5) is 0 Å². The van der Waals surface area contributed by atoms with Gasteiger partial charge in [0.15, 0.2) is 16.3 Å². The van der Waals surface area contributed by atoms with Gasteiger partial charge in [0.2, 0.25) is 0 Å². The molecule has 1 unspecified atom stereocenters. The summed E-state index contributed by atoms with van der Waals surface area (Å²) in [7, 11) is 1.55. The summed E-state index contributed by atoms with van der Waals surface area (Å²) in [6.07, 6.45) is 7.67. The van der Waals surface area contributed by atoms with Crippen LogP contribution in [0, 0.1) is 4.77 Å². The van der Waals surface area contributed by atoms with Gasteiger partial charge in [-0.2, -0.15) is 0 Å². The number of methoxy groups -OCH3 is 1. The number of aromatic nitrogens is 2. The molecule has 6 nitrogen and oxygen atoms in total. The maximum absolute atomic E-state index is 9.88. The first-order valence-electron chi connectivity index (χ1n) is 11.1. The van der Waals surface area contributed by atoms with Gasteiger partial charge in [-0.3, -0.25) is 0 Å². The van der Waals surface area contributed by atoms with Crippen molar-refractivity contribution < 1.29 is 19.7 Å². The van der Waals surface area contributed by atoms with Crippen LogP contribution in [-0.2, 0) is 24.1 Å². The zero-order chi connectivity index (χ0) is 23.2. The predicted octanol–water partition coefficient (Wildman–Crippen LogP) is 5.17. The monoisotopic (exact) mass is 464 g/mol. The lowest BCUT2D eigenvalue weighted by Gasteiger charge is -2.18. The highest BCUT2D eigenvalue weighted by molar-refractivity contribution is 7.71. The average molecular weight is 465 g/mol. The molecule has 1 saturated heterocycles. The maximum atomic E-state index is 9.88. The van der Waals surface area contributed by atoms with Gasteiger partial charge in [0.25, 0.3) is 0 Å². The molecule has 1 aromatic heterocycles. The number of phenolic OH excluding ortho intramolecular Hbond substituents is 2. The molecule has 2 heterocycles. The fraction of sp³-hybridized carbons (Fsp3) is 0.308. The van der Waals surface area contributed by atoms with Crippen molar-refractivity contribution in [1.82, 2.24) is 9.55 Å². The Morgan fingerprint density at radius 3 is 2.67 bits per heavy atom. The molecule has 1 fully saturated rings. The lowest BCUT2D eigenvalue weighted by molar-refractivity contribution is 0.0955. The normalized spacial score (nSPS) is 15.8. The topological polar surface area (TPSA) is 76.7 Å². The van der Waals surface area contributed by atoms with E-state index < -0.39 is 0 Å². The molecule has 0 saturated carbocycles. The number of hydrogen-bond donors (Lipinski definition) is 2. The van der Waals surface area contributed by atoms with Crippen molar-refractivity contribution >= 4 is 24.4 Å². The van der Waals surface area contributed by atoms with E-state index in [0.29, 0.717) is 17.1 Å². The molecule has 2 aromatic carbocycles. The van der Waals surface area contributed by atoms with Crippen LogP contribution in [0.25, 0.3) is 12.2 Å². The molecule has 0 spiro atoms. The van der Waals surface area contributed by atoms with Gasteiger partial charge in [-0.15, -0.1) is 0 Å². The minimum Gasteiger partial charge on any atom is -0.508 e. The van der Waals surface area contributed by atoms with Gasteiger partial charge in [-0.05, 0) is 85.4 Å². The van der Waals surface area contributed by atoms with Crippen molar-refractivity contribution in [3.8, 4) is 17.2 Å². The second kappa shape index (κ2) is 10.6. The third kappa shape index (κ3) is 6.00. The molecule has 33 heavy (non-hydrogen) atoms. The van der Waals surface area contributed by atoms with Crippen LogP contribution in [0.1, 0.15) is 35.4 Å². The van der Waals surface area contributed by atoms with Gasteiger partial charge in [-0.1, -0.05) is 24.3 Å². The molecule has 0 aliphatic carbocycles. The number of phenols is 2. The number of nitrogens with zero attached hydrogens (tertiary/aromatic N) is 2. The second-order valence-corrected chi connectivity index (χ2v) is 8.50. The Balaban J connectivity index is 1.60. The van der Waals surface area contributed by atoms with E-state index in [1.807, 2.05) is 36.4 Å². The summed E-state index contributed by atoms with van der Waals surface area (Å²) in [6, 6.07) is 14.5. The predicted molar refractivity (Wildman–Crippen MR) is 131 cm³/mol. The molecular formula is C26H28N2O4S. The number of aryl methyl sites for hydroxylation is 2. The van der Waals surface area contributed by atoms with Crippen LogP contribution >= 0.6 is 12.2 Å². The fourth-order valence-electron chi connectivity index (χ4n) is 3.97. The number of aromatic hydroxyl groups is 2. The van der Waals surface area contributed by atoms with Gasteiger partial charge in [0.05, 0.1) is 25.5 Å². The molecule has 7 heteroatoms. The van der Waals surface area contributed by atoms with Crippen molar-refractivity contribution in [3.05, 3.63) is 75.8 Å². The van der Waals surface area contributed by atoms with Crippen LogP contribution < -0.4 is 4.74 Å². The van der Waals surface area contributed by atoms with E-state index in [0.717, 1.165) is 54.8 Å². The lowest BCUT2D eigenvalue weighted by Crippen LogP contribution is -2.20. The number of rotatable bonds is 8. The van der Waals surface area contributed by atoms with Crippen molar-refractivity contribution in [2.45, 2.75) is 38.3 Å². The molecule has 3 aromatic rings. The van der Waals surface area contributed by atoms with Crippen LogP contribution in [-0.4, -0.2) is 39.6 Å². The van der Waals surface area contributed by atoms with Gasteiger partial charge in [0.1, 0.15) is 5.75 Å². The van der Waals surface area contributed by atoms with E-state index in [-0.39, 0.29) is 17.6 Å². The Morgan fingerprint density at radius 1 is 1.12 bits per heavy atom. The van der Waals surface area contributed by atoms with E-state index >= 15 is 0 Å². The third-order valence-electron chi connectivity index (χ3n) is 5.78. The maximum Gasteiger partial charge on any atom is 0.200 e. The van der Waals surface area contributed by atoms with E-state index in [4.69, 9.17) is 21.7 Å². The van der Waals surface area contributed by atoms with E-state index in [1.54, 1.807) is 25.3 Å². The van der Waals surface area contributed by atoms with E-state index in [2.05, 4.69) is 15.6 Å². The summed E-state index contributed by atoms with van der Waals surface area (Å²) < 4.78 is 13.7. The first kappa shape index (κ1) is 23.0. The van der Waals surface area contributed by atoms with Gasteiger partial charge in [-0.25, -0.2) is 4.98 Å². The summed E-state index contributed by atoms with van der Waals surface area (Å²) in [4.78, 5) is 4.64. The first-order valence-corrected chi connectivity index (χ1v) is 11.5. The molecule has 4 rings (SSSR count). The molecule has 172 valence electrons. The molecule has 1 aliphatic rings. The summed E-state index contributed by atoms with van der Waals surface area (Å²) in [6.45, 7) is 1.49. The first-order chi connectivity index (χ1) is 16.0. The fourth-order valence-corrected chi connectivity index (χ4v) is 4.27. The lowest BCUT2D eigenvalue weighted by atomic mass is 10.1. The largest absolute Gasteiger partial charge is 0.508 e. The highest BCUT2D eigenvalue weighted by atomic mass is 32.1. The third-order valence-corrected chi connectivity index (χ3v) is 6.09. The number of hydrogen-bond acceptors (Lipinski definition) is 6. The van der Waals surface area contributed by atoms with E-state index in [1.165, 1.54) is 0 Å². The Morgan fingerprint density at radius 2 is 1.94 bits per heavy atom. The average Bonchev–Trinajstić information content (AvgIpc) is 3.33. The Kier molecular flexibility index (Phi) is 7.42. The quantitative estimate of drug-likeness (QED) is 0.448. The second-order valence-electron chi connectivity index (χ2n) is 8.13. The summed E-state index contributed by atoms with van der Waals surface area (Å²) in [5.41, 5.74) is 3.91. The zero-order valence-electron chi connectivity index (χ0n) is 18.6. The zero-order valence-corrected chi connectivity index (χ0v) is 19.4. The van der Waals surface area contributed by atoms with Crippen LogP contribution in [0.15, 0.2) is 48.5 Å². The highest BCUT2D eigenvalue weighted by Gasteiger charge is 2.18. The molecule has 0 bridgehead atoms. The minimum atomic E-state index is 0.133. The van der Waals surface area contributed by atoms with Crippen LogP contribution in [0.3, 0.4) is 0 Å². The minimum absolute atomic E-state index is 0.133. The van der Waals surface area contributed by atoms with Gasteiger partial charge >= 0.3 is 0 Å². The molecule has 0 radical (unpaired) electrons. The van der Waals surface area contributed by atoms with Crippen LogP contribution in [0.5, 0.6) is 17.2 Å². The van der Waals surface area contributed by atoms with Crippen molar-refractivity contribution in [1.29, 1.82) is 0 Å². The molecule has 0 amide bonds. The van der Waals surface area contributed by atoms with Gasteiger partial charge in [0, 0.05) is 12.3 Å². The standard InChI is InChI=1S/C26H28N2O4S/c1-31-25-15-19(8-13-24(25)30)5-10-21-16-20(9-4-18-6-11-22(29)12-7-18)27-26(33)28(21)17-23-3-2-14-32-23/h4,6-9,11-13,15-16,23,29-30H,2-3,5,10,14,17H2,1H3. The molecule has 1 atom stereocenters.